The Morgan fingerprint density at radius 2 is 2.04 bits per heavy atom. The van der Waals surface area contributed by atoms with Gasteiger partial charge in [-0.15, -0.1) is 0 Å². The van der Waals surface area contributed by atoms with Gasteiger partial charge >= 0.3 is 5.97 Å². The van der Waals surface area contributed by atoms with E-state index in [-0.39, 0.29) is 29.7 Å². The lowest BCUT2D eigenvalue weighted by Gasteiger charge is -2.26. The predicted octanol–water partition coefficient (Wildman–Crippen LogP) is 4.06. The lowest BCUT2D eigenvalue weighted by molar-refractivity contribution is -0.152. The SMILES string of the molecule is CC(C)(C)c1noc(COC(=O)C2(c3cccc(F)c3)CCCC2)n1. The van der Waals surface area contributed by atoms with Crippen LogP contribution in [0.2, 0.25) is 0 Å². The van der Waals surface area contributed by atoms with Gasteiger partial charge in [-0.3, -0.25) is 4.79 Å². The molecule has 5 nitrogen and oxygen atoms in total. The van der Waals surface area contributed by atoms with Crippen molar-refractivity contribution in [2.24, 2.45) is 0 Å². The van der Waals surface area contributed by atoms with Crippen LogP contribution in [-0.2, 0) is 27.0 Å². The molecule has 1 aliphatic carbocycles. The first-order valence-corrected chi connectivity index (χ1v) is 8.58. The lowest BCUT2D eigenvalue weighted by Crippen LogP contribution is -2.34. The van der Waals surface area contributed by atoms with Gasteiger partial charge in [0.25, 0.3) is 5.89 Å². The highest BCUT2D eigenvalue weighted by molar-refractivity contribution is 5.83. The fraction of sp³-hybridized carbons (Fsp3) is 0.526. The Bertz CT molecular complexity index is 758. The van der Waals surface area contributed by atoms with Crippen molar-refractivity contribution in [3.8, 4) is 0 Å². The molecule has 6 heteroatoms. The smallest absolute Gasteiger partial charge is 0.317 e. The third-order valence-electron chi connectivity index (χ3n) is 4.69. The number of nitrogens with zero attached hydrogens (tertiary/aromatic N) is 2. The van der Waals surface area contributed by atoms with Crippen LogP contribution in [0.25, 0.3) is 0 Å². The Morgan fingerprint density at radius 3 is 2.64 bits per heavy atom. The first-order valence-electron chi connectivity index (χ1n) is 8.58. The van der Waals surface area contributed by atoms with Crippen molar-refractivity contribution in [1.29, 1.82) is 0 Å². The number of carbonyl (C=O) groups excluding carboxylic acids is 1. The van der Waals surface area contributed by atoms with E-state index in [1.807, 2.05) is 20.8 Å². The number of esters is 1. The Balaban J connectivity index is 1.75. The Morgan fingerprint density at radius 1 is 1.32 bits per heavy atom. The average molecular weight is 346 g/mol. The zero-order valence-corrected chi connectivity index (χ0v) is 14.8. The summed E-state index contributed by atoms with van der Waals surface area (Å²) in [5, 5.41) is 3.92. The summed E-state index contributed by atoms with van der Waals surface area (Å²) in [7, 11) is 0. The normalized spacial score (nSPS) is 16.8. The molecule has 0 aliphatic heterocycles. The summed E-state index contributed by atoms with van der Waals surface area (Å²) in [5.74, 6) is 0.138. The van der Waals surface area contributed by atoms with Gasteiger partial charge in [0.2, 0.25) is 0 Å². The molecule has 1 aliphatic rings. The molecule has 1 aromatic carbocycles. The van der Waals surface area contributed by atoms with Crippen LogP contribution in [0.4, 0.5) is 4.39 Å². The molecule has 0 spiro atoms. The fourth-order valence-electron chi connectivity index (χ4n) is 3.26. The van der Waals surface area contributed by atoms with Gasteiger partial charge in [0.05, 0.1) is 5.41 Å². The van der Waals surface area contributed by atoms with E-state index in [0.29, 0.717) is 24.2 Å². The maximum atomic E-state index is 13.6. The topological polar surface area (TPSA) is 65.2 Å². The zero-order valence-electron chi connectivity index (χ0n) is 14.8. The number of hydrogen-bond acceptors (Lipinski definition) is 5. The average Bonchev–Trinajstić information content (AvgIpc) is 3.22. The highest BCUT2D eigenvalue weighted by Crippen LogP contribution is 2.42. The summed E-state index contributed by atoms with van der Waals surface area (Å²) in [6, 6.07) is 6.23. The number of carbonyl (C=O) groups is 1. The highest BCUT2D eigenvalue weighted by Gasteiger charge is 2.44. The molecule has 1 saturated carbocycles. The summed E-state index contributed by atoms with van der Waals surface area (Å²) in [5.41, 5.74) is -0.342. The van der Waals surface area contributed by atoms with Crippen molar-refractivity contribution >= 4 is 5.97 Å². The standard InChI is InChI=1S/C19H23FN2O3/c1-18(2,3)16-21-15(25-22-16)12-24-17(23)19(9-4-5-10-19)13-7-6-8-14(20)11-13/h6-8,11H,4-5,9-10,12H2,1-3H3. The summed E-state index contributed by atoms with van der Waals surface area (Å²) >= 11 is 0. The molecule has 134 valence electrons. The van der Waals surface area contributed by atoms with Gasteiger partial charge in [-0.2, -0.15) is 4.98 Å². The van der Waals surface area contributed by atoms with Gasteiger partial charge in [-0.1, -0.05) is 50.9 Å². The second-order valence-corrected chi connectivity index (χ2v) is 7.64. The van der Waals surface area contributed by atoms with E-state index in [9.17, 15) is 9.18 Å². The molecule has 0 bridgehead atoms. The first kappa shape index (κ1) is 17.6. The Kier molecular flexibility index (Phi) is 4.62. The molecule has 0 atom stereocenters. The van der Waals surface area contributed by atoms with Crippen LogP contribution in [0.1, 0.15) is 63.7 Å². The van der Waals surface area contributed by atoms with Gasteiger partial charge in [-0.05, 0) is 30.5 Å². The van der Waals surface area contributed by atoms with E-state index in [1.165, 1.54) is 12.1 Å². The summed E-state index contributed by atoms with van der Waals surface area (Å²) in [4.78, 5) is 17.1. The number of rotatable bonds is 4. The molecule has 0 saturated heterocycles. The maximum absolute atomic E-state index is 13.6. The van der Waals surface area contributed by atoms with Gasteiger partial charge in [0, 0.05) is 5.41 Å². The van der Waals surface area contributed by atoms with Crippen molar-refractivity contribution in [3.05, 3.63) is 47.4 Å². The molecule has 0 amide bonds. The van der Waals surface area contributed by atoms with Crippen LogP contribution in [-0.4, -0.2) is 16.1 Å². The molecule has 1 aromatic heterocycles. The summed E-state index contributed by atoms with van der Waals surface area (Å²) in [6.07, 6.45) is 3.15. The van der Waals surface area contributed by atoms with Gasteiger partial charge < -0.3 is 9.26 Å². The molecule has 25 heavy (non-hydrogen) atoms. The van der Waals surface area contributed by atoms with Crippen molar-refractivity contribution in [2.75, 3.05) is 0 Å². The monoisotopic (exact) mass is 346 g/mol. The maximum Gasteiger partial charge on any atom is 0.317 e. The highest BCUT2D eigenvalue weighted by atomic mass is 19.1. The lowest BCUT2D eigenvalue weighted by atomic mass is 9.79. The van der Waals surface area contributed by atoms with Crippen molar-refractivity contribution in [3.63, 3.8) is 0 Å². The number of aromatic nitrogens is 2. The molecule has 0 radical (unpaired) electrons. The van der Waals surface area contributed by atoms with Crippen LogP contribution < -0.4 is 0 Å². The van der Waals surface area contributed by atoms with Gasteiger partial charge in [0.1, 0.15) is 5.82 Å². The molecule has 2 aromatic rings. The predicted molar refractivity (Wildman–Crippen MR) is 89.3 cm³/mol. The molecular weight excluding hydrogens is 323 g/mol. The minimum atomic E-state index is -0.783. The second kappa shape index (κ2) is 6.58. The zero-order chi connectivity index (χ0) is 18.1. The van der Waals surface area contributed by atoms with Crippen molar-refractivity contribution in [1.82, 2.24) is 10.1 Å². The Labute approximate surface area is 146 Å². The van der Waals surface area contributed by atoms with E-state index in [2.05, 4.69) is 10.1 Å². The number of ether oxygens (including phenoxy) is 1. The van der Waals surface area contributed by atoms with E-state index in [4.69, 9.17) is 9.26 Å². The first-order chi connectivity index (χ1) is 11.8. The number of hydrogen-bond donors (Lipinski definition) is 0. The van der Waals surface area contributed by atoms with Gasteiger partial charge in [-0.25, -0.2) is 4.39 Å². The minimum Gasteiger partial charge on any atom is -0.455 e. The van der Waals surface area contributed by atoms with E-state index in [0.717, 1.165) is 12.8 Å². The van der Waals surface area contributed by atoms with Crippen LogP contribution in [0, 0.1) is 5.82 Å². The van der Waals surface area contributed by atoms with Crippen molar-refractivity contribution < 1.29 is 18.4 Å². The van der Waals surface area contributed by atoms with E-state index < -0.39 is 5.41 Å². The molecular formula is C19H23FN2O3. The number of benzene rings is 1. The fourth-order valence-corrected chi connectivity index (χ4v) is 3.26. The van der Waals surface area contributed by atoms with Gasteiger partial charge in [0.15, 0.2) is 12.4 Å². The number of halogens is 1. The quantitative estimate of drug-likeness (QED) is 0.781. The molecule has 0 N–H and O–H groups in total. The molecule has 3 rings (SSSR count). The van der Waals surface area contributed by atoms with Crippen LogP contribution in [0.5, 0.6) is 0 Å². The third kappa shape index (κ3) is 3.57. The van der Waals surface area contributed by atoms with Crippen LogP contribution in [0.15, 0.2) is 28.8 Å². The summed E-state index contributed by atoms with van der Waals surface area (Å²) < 4.78 is 24.3. The van der Waals surface area contributed by atoms with Crippen LogP contribution >= 0.6 is 0 Å². The van der Waals surface area contributed by atoms with Crippen LogP contribution in [0.3, 0.4) is 0 Å². The summed E-state index contributed by atoms with van der Waals surface area (Å²) in [6.45, 7) is 5.86. The Hall–Kier alpha value is -2.24. The minimum absolute atomic E-state index is 0.0705. The van der Waals surface area contributed by atoms with E-state index >= 15 is 0 Å². The second-order valence-electron chi connectivity index (χ2n) is 7.64. The molecule has 1 heterocycles. The third-order valence-corrected chi connectivity index (χ3v) is 4.69. The molecule has 0 unspecified atom stereocenters. The van der Waals surface area contributed by atoms with E-state index in [1.54, 1.807) is 12.1 Å². The molecule has 1 fully saturated rings. The largest absolute Gasteiger partial charge is 0.455 e. The van der Waals surface area contributed by atoms with Crippen molar-refractivity contribution in [2.45, 2.75) is 63.9 Å².